The van der Waals surface area contributed by atoms with Gasteiger partial charge in [-0.15, -0.1) is 11.3 Å². The average molecular weight is 350 g/mol. The maximum atomic E-state index is 11.3. The molecule has 0 unspecified atom stereocenters. The van der Waals surface area contributed by atoms with Gasteiger partial charge in [-0.05, 0) is 43.0 Å². The van der Waals surface area contributed by atoms with Crippen LogP contribution < -0.4 is 10.6 Å². The molecule has 8 nitrogen and oxygen atoms in total. The number of aromatic nitrogens is 1. The number of hydrogen-bond acceptors (Lipinski definition) is 6. The second kappa shape index (κ2) is 7.00. The van der Waals surface area contributed by atoms with Crippen LogP contribution in [-0.2, 0) is 0 Å². The third kappa shape index (κ3) is 3.56. The Balaban J connectivity index is 1.70. The van der Waals surface area contributed by atoms with Gasteiger partial charge in [0.05, 0.1) is 15.1 Å². The van der Waals surface area contributed by atoms with Gasteiger partial charge in [0.2, 0.25) is 0 Å². The van der Waals surface area contributed by atoms with Crippen LogP contribution in [0.15, 0.2) is 17.6 Å². The molecule has 2 aromatic rings. The molecule has 0 aromatic carbocycles. The second-order valence-corrected chi connectivity index (χ2v) is 6.87. The Bertz CT molecular complexity index is 755. The summed E-state index contributed by atoms with van der Waals surface area (Å²) in [5.41, 5.74) is 1.30. The van der Waals surface area contributed by atoms with Crippen molar-refractivity contribution in [2.24, 2.45) is 5.92 Å². The van der Waals surface area contributed by atoms with Crippen LogP contribution in [0.3, 0.4) is 0 Å². The zero-order valence-corrected chi connectivity index (χ0v) is 13.7. The quantitative estimate of drug-likeness (QED) is 0.561. The van der Waals surface area contributed by atoms with E-state index >= 15 is 0 Å². The summed E-state index contributed by atoms with van der Waals surface area (Å²) in [4.78, 5) is 25.6. The van der Waals surface area contributed by atoms with Crippen molar-refractivity contribution >= 4 is 39.0 Å². The van der Waals surface area contributed by atoms with Gasteiger partial charge in [0.1, 0.15) is 11.9 Å². The first-order valence-electron chi connectivity index (χ1n) is 7.78. The van der Waals surface area contributed by atoms with Gasteiger partial charge in [0.15, 0.2) is 0 Å². The topological polar surface area (TPSA) is 117 Å². The second-order valence-electron chi connectivity index (χ2n) is 5.96. The SMILES string of the molecule is O=C(O)NCC1CCC(Nc2c([N+](=O)[O-])cnc3ccsc23)CC1. The lowest BCUT2D eigenvalue weighted by atomic mass is 9.86. The summed E-state index contributed by atoms with van der Waals surface area (Å²) in [6, 6.07) is 2.00. The minimum Gasteiger partial charge on any atom is -0.465 e. The maximum absolute atomic E-state index is 11.3. The molecule has 1 aliphatic rings. The van der Waals surface area contributed by atoms with Crippen LogP contribution >= 0.6 is 11.3 Å². The molecule has 3 N–H and O–H groups in total. The molecule has 1 amide bonds. The molecule has 0 bridgehead atoms. The molecule has 24 heavy (non-hydrogen) atoms. The van der Waals surface area contributed by atoms with E-state index in [1.807, 2.05) is 11.4 Å². The number of nitrogens with one attached hydrogen (secondary N) is 2. The number of anilines is 1. The van der Waals surface area contributed by atoms with Crippen molar-refractivity contribution in [1.82, 2.24) is 10.3 Å². The highest BCUT2D eigenvalue weighted by atomic mass is 32.1. The Morgan fingerprint density at radius 2 is 2.17 bits per heavy atom. The number of fused-ring (bicyclic) bond motifs is 1. The highest BCUT2D eigenvalue weighted by Gasteiger charge is 2.25. The van der Waals surface area contributed by atoms with E-state index in [4.69, 9.17) is 5.11 Å². The zero-order valence-electron chi connectivity index (χ0n) is 12.9. The summed E-state index contributed by atoms with van der Waals surface area (Å²) in [5.74, 6) is 0.327. The van der Waals surface area contributed by atoms with E-state index in [1.165, 1.54) is 17.5 Å². The first-order chi connectivity index (χ1) is 11.5. The van der Waals surface area contributed by atoms with Gasteiger partial charge in [-0.2, -0.15) is 0 Å². The molecule has 0 aliphatic heterocycles. The summed E-state index contributed by atoms with van der Waals surface area (Å²) in [7, 11) is 0. The number of amides is 1. The van der Waals surface area contributed by atoms with Crippen LogP contribution in [0.25, 0.3) is 10.2 Å². The molecule has 1 aliphatic carbocycles. The minimum atomic E-state index is -0.997. The third-order valence-corrected chi connectivity index (χ3v) is 5.31. The first-order valence-corrected chi connectivity index (χ1v) is 8.66. The first kappa shape index (κ1) is 16.4. The molecule has 1 saturated carbocycles. The van der Waals surface area contributed by atoms with Gasteiger partial charge in [0, 0.05) is 12.6 Å². The van der Waals surface area contributed by atoms with E-state index < -0.39 is 11.0 Å². The molecule has 0 radical (unpaired) electrons. The Morgan fingerprint density at radius 3 is 2.83 bits per heavy atom. The van der Waals surface area contributed by atoms with Crippen LogP contribution in [0, 0.1) is 16.0 Å². The van der Waals surface area contributed by atoms with Crippen molar-refractivity contribution in [2.45, 2.75) is 31.7 Å². The van der Waals surface area contributed by atoms with Crippen LogP contribution in [0.5, 0.6) is 0 Å². The molecule has 2 aromatic heterocycles. The summed E-state index contributed by atoms with van der Waals surface area (Å²) in [5, 5.41) is 27.6. The van der Waals surface area contributed by atoms with Crippen LogP contribution in [0.2, 0.25) is 0 Å². The molecule has 0 atom stereocenters. The fourth-order valence-corrected chi connectivity index (χ4v) is 3.98. The van der Waals surface area contributed by atoms with Crippen molar-refractivity contribution in [3.8, 4) is 0 Å². The summed E-state index contributed by atoms with van der Waals surface area (Å²) in [6.45, 7) is 0.465. The number of carboxylic acid groups (broad SMARTS) is 1. The van der Waals surface area contributed by atoms with Crippen molar-refractivity contribution < 1.29 is 14.8 Å². The number of pyridine rings is 1. The summed E-state index contributed by atoms with van der Waals surface area (Å²) < 4.78 is 0.805. The molecule has 0 spiro atoms. The standard InChI is InChI=1S/C15H18N4O4S/c20-15(21)17-7-9-1-3-10(4-2-9)18-13-12(19(22)23)8-16-11-5-6-24-14(11)13/h5-6,8-10,17H,1-4,7H2,(H,16,18)(H,20,21). The van der Waals surface area contributed by atoms with E-state index in [2.05, 4.69) is 15.6 Å². The normalized spacial score (nSPS) is 20.7. The van der Waals surface area contributed by atoms with Gasteiger partial charge in [-0.3, -0.25) is 10.1 Å². The molecule has 0 saturated heterocycles. The van der Waals surface area contributed by atoms with Crippen LogP contribution in [0.1, 0.15) is 25.7 Å². The Kier molecular flexibility index (Phi) is 4.79. The number of nitro groups is 1. The number of nitrogens with zero attached hydrogens (tertiary/aromatic N) is 2. The smallest absolute Gasteiger partial charge is 0.404 e. The van der Waals surface area contributed by atoms with Gasteiger partial charge in [0.25, 0.3) is 0 Å². The molecule has 3 rings (SSSR count). The van der Waals surface area contributed by atoms with Gasteiger partial charge < -0.3 is 15.7 Å². The third-order valence-electron chi connectivity index (χ3n) is 4.39. The lowest BCUT2D eigenvalue weighted by Gasteiger charge is -2.29. The summed E-state index contributed by atoms with van der Waals surface area (Å²) >= 11 is 1.44. The van der Waals surface area contributed by atoms with E-state index in [0.717, 1.165) is 35.9 Å². The van der Waals surface area contributed by atoms with Gasteiger partial charge in [-0.1, -0.05) is 0 Å². The Morgan fingerprint density at radius 1 is 1.42 bits per heavy atom. The predicted molar refractivity (Wildman–Crippen MR) is 91.7 cm³/mol. The Hall–Kier alpha value is -2.42. The molecule has 9 heteroatoms. The van der Waals surface area contributed by atoms with Crippen molar-refractivity contribution in [2.75, 3.05) is 11.9 Å². The fourth-order valence-electron chi connectivity index (χ4n) is 3.13. The zero-order chi connectivity index (χ0) is 17.1. The number of carbonyl (C=O) groups is 1. The Labute approximate surface area is 142 Å². The molecule has 1 fully saturated rings. The predicted octanol–water partition coefficient (Wildman–Crippen LogP) is 3.44. The largest absolute Gasteiger partial charge is 0.465 e. The molecule has 2 heterocycles. The van der Waals surface area contributed by atoms with E-state index in [0.29, 0.717) is 18.2 Å². The van der Waals surface area contributed by atoms with E-state index in [9.17, 15) is 14.9 Å². The number of rotatable bonds is 5. The number of hydrogen-bond donors (Lipinski definition) is 3. The maximum Gasteiger partial charge on any atom is 0.404 e. The summed E-state index contributed by atoms with van der Waals surface area (Å²) in [6.07, 6.45) is 3.81. The average Bonchev–Trinajstić information content (AvgIpc) is 3.03. The van der Waals surface area contributed by atoms with Gasteiger partial charge in [-0.25, -0.2) is 9.78 Å². The van der Waals surface area contributed by atoms with Crippen molar-refractivity contribution in [1.29, 1.82) is 0 Å². The minimum absolute atomic E-state index is 0.000354. The molecule has 128 valence electrons. The highest BCUT2D eigenvalue weighted by molar-refractivity contribution is 7.17. The van der Waals surface area contributed by atoms with Gasteiger partial charge >= 0.3 is 11.8 Å². The lowest BCUT2D eigenvalue weighted by molar-refractivity contribution is -0.384. The number of thiophene rings is 1. The monoisotopic (exact) mass is 350 g/mol. The fraction of sp³-hybridized carbons (Fsp3) is 0.467. The van der Waals surface area contributed by atoms with Crippen LogP contribution in [-0.4, -0.2) is 33.7 Å². The van der Waals surface area contributed by atoms with E-state index in [-0.39, 0.29) is 11.7 Å². The highest BCUT2D eigenvalue weighted by Crippen LogP contribution is 2.37. The van der Waals surface area contributed by atoms with Crippen molar-refractivity contribution in [3.05, 3.63) is 27.8 Å². The molecular weight excluding hydrogens is 332 g/mol. The van der Waals surface area contributed by atoms with Crippen molar-refractivity contribution in [3.63, 3.8) is 0 Å². The van der Waals surface area contributed by atoms with Crippen LogP contribution in [0.4, 0.5) is 16.2 Å². The molecular formula is C15H18N4O4S. The van der Waals surface area contributed by atoms with E-state index in [1.54, 1.807) is 0 Å². The lowest BCUT2D eigenvalue weighted by Crippen LogP contribution is -2.33.